The lowest BCUT2D eigenvalue weighted by Gasteiger charge is -2.12. The molecule has 0 aromatic heterocycles. The van der Waals surface area contributed by atoms with Gasteiger partial charge < -0.3 is 21.1 Å². The molecule has 13 heavy (non-hydrogen) atoms. The minimum atomic E-state index is -0.447. The fraction of sp³-hybridized carbons (Fsp3) is 0.333. The first-order valence-corrected chi connectivity index (χ1v) is 4.03. The molecule has 1 aromatic carbocycles. The van der Waals surface area contributed by atoms with Crippen LogP contribution in [0.4, 0.5) is 0 Å². The molecule has 0 heterocycles. The van der Waals surface area contributed by atoms with Gasteiger partial charge in [-0.05, 0) is 24.6 Å². The van der Waals surface area contributed by atoms with E-state index >= 15 is 0 Å². The van der Waals surface area contributed by atoms with E-state index in [2.05, 4.69) is 0 Å². The number of hydrogen-bond donors (Lipinski definition) is 4. The molecule has 5 N–H and O–H groups in total. The largest absolute Gasteiger partial charge is 0.508 e. The maximum Gasteiger partial charge on any atom is 0.120 e. The predicted octanol–water partition coefficient (Wildman–Crippen LogP) is 0.480. The third-order valence-corrected chi connectivity index (χ3v) is 1.85. The van der Waals surface area contributed by atoms with Gasteiger partial charge in [-0.25, -0.2) is 0 Å². The van der Waals surface area contributed by atoms with E-state index in [1.807, 2.05) is 0 Å². The maximum atomic E-state index is 9.36. The van der Waals surface area contributed by atoms with Crippen molar-refractivity contribution in [3.63, 3.8) is 0 Å². The number of hydrogen-bond acceptors (Lipinski definition) is 4. The molecule has 0 spiro atoms. The standard InChI is InChI=1S/C9H13NO3/c10-8(3-4-11)7-5-6(12)1-2-9(7)13/h1-2,5,8,11-13H,3-4,10H2/t8-/m1/s1. The monoisotopic (exact) mass is 183 g/mol. The van der Waals surface area contributed by atoms with E-state index in [4.69, 9.17) is 15.9 Å². The van der Waals surface area contributed by atoms with Crippen LogP contribution in [-0.4, -0.2) is 21.9 Å². The molecule has 4 heteroatoms. The molecule has 0 fully saturated rings. The van der Waals surface area contributed by atoms with E-state index < -0.39 is 6.04 Å². The molecule has 1 rings (SSSR count). The summed E-state index contributed by atoms with van der Waals surface area (Å²) in [5.41, 5.74) is 6.10. The van der Waals surface area contributed by atoms with E-state index in [-0.39, 0.29) is 18.1 Å². The van der Waals surface area contributed by atoms with Gasteiger partial charge in [0.1, 0.15) is 11.5 Å². The topological polar surface area (TPSA) is 86.7 Å². The zero-order chi connectivity index (χ0) is 9.84. The first kappa shape index (κ1) is 9.83. The quantitative estimate of drug-likeness (QED) is 0.513. The molecule has 72 valence electrons. The number of aliphatic hydroxyl groups excluding tert-OH is 1. The Labute approximate surface area is 76.2 Å². The lowest BCUT2D eigenvalue weighted by atomic mass is 10.0. The van der Waals surface area contributed by atoms with E-state index in [1.165, 1.54) is 18.2 Å². The Morgan fingerprint density at radius 2 is 2.00 bits per heavy atom. The summed E-state index contributed by atoms with van der Waals surface area (Å²) in [4.78, 5) is 0. The predicted molar refractivity (Wildman–Crippen MR) is 48.4 cm³/mol. The van der Waals surface area contributed by atoms with Crippen LogP contribution in [0.5, 0.6) is 11.5 Å². The Kier molecular flexibility index (Phi) is 3.11. The molecule has 0 radical (unpaired) electrons. The van der Waals surface area contributed by atoms with Crippen molar-refractivity contribution in [1.82, 2.24) is 0 Å². The Hall–Kier alpha value is -1.26. The van der Waals surface area contributed by atoms with Crippen molar-refractivity contribution in [2.75, 3.05) is 6.61 Å². The van der Waals surface area contributed by atoms with Gasteiger partial charge in [-0.3, -0.25) is 0 Å². The lowest BCUT2D eigenvalue weighted by molar-refractivity contribution is 0.275. The SMILES string of the molecule is N[C@H](CCO)c1cc(O)ccc1O. The number of benzene rings is 1. The Morgan fingerprint density at radius 3 is 2.62 bits per heavy atom. The van der Waals surface area contributed by atoms with Gasteiger partial charge in [-0.1, -0.05) is 0 Å². The normalized spacial score (nSPS) is 12.8. The van der Waals surface area contributed by atoms with E-state index in [1.54, 1.807) is 0 Å². The summed E-state index contributed by atoms with van der Waals surface area (Å²) in [6.07, 6.45) is 0.358. The molecule has 0 aliphatic carbocycles. The highest BCUT2D eigenvalue weighted by atomic mass is 16.3. The van der Waals surface area contributed by atoms with Crippen molar-refractivity contribution in [1.29, 1.82) is 0 Å². The van der Waals surface area contributed by atoms with Crippen LogP contribution in [0.3, 0.4) is 0 Å². The average molecular weight is 183 g/mol. The van der Waals surface area contributed by atoms with E-state index in [9.17, 15) is 5.11 Å². The van der Waals surface area contributed by atoms with E-state index in [0.717, 1.165) is 0 Å². The highest BCUT2D eigenvalue weighted by Gasteiger charge is 2.10. The van der Waals surface area contributed by atoms with Gasteiger partial charge in [0, 0.05) is 18.2 Å². The smallest absolute Gasteiger partial charge is 0.120 e. The molecule has 0 aliphatic heterocycles. The highest BCUT2D eigenvalue weighted by Crippen LogP contribution is 2.27. The molecule has 0 amide bonds. The third-order valence-electron chi connectivity index (χ3n) is 1.85. The molecule has 0 saturated heterocycles. The van der Waals surface area contributed by atoms with Crippen LogP contribution in [0.2, 0.25) is 0 Å². The van der Waals surface area contributed by atoms with Crippen LogP contribution in [0.15, 0.2) is 18.2 Å². The fourth-order valence-electron chi connectivity index (χ4n) is 1.13. The summed E-state index contributed by atoms with van der Waals surface area (Å²) in [6, 6.07) is 3.71. The third kappa shape index (κ3) is 2.34. The van der Waals surface area contributed by atoms with Crippen molar-refractivity contribution in [3.05, 3.63) is 23.8 Å². The summed E-state index contributed by atoms with van der Waals surface area (Å²) >= 11 is 0. The number of phenolic OH excluding ortho intramolecular Hbond substituents is 2. The summed E-state index contributed by atoms with van der Waals surface area (Å²) in [6.45, 7) is -0.0454. The second-order valence-corrected chi connectivity index (χ2v) is 2.86. The van der Waals surface area contributed by atoms with Gasteiger partial charge in [0.25, 0.3) is 0 Å². The Morgan fingerprint density at radius 1 is 1.31 bits per heavy atom. The van der Waals surface area contributed by atoms with Crippen molar-refractivity contribution < 1.29 is 15.3 Å². The lowest BCUT2D eigenvalue weighted by Crippen LogP contribution is -2.11. The molecule has 0 bridgehead atoms. The zero-order valence-corrected chi connectivity index (χ0v) is 7.14. The molecular formula is C9H13NO3. The van der Waals surface area contributed by atoms with Gasteiger partial charge in [0.05, 0.1) is 0 Å². The molecule has 4 nitrogen and oxygen atoms in total. The minimum absolute atomic E-state index is 0.0405. The van der Waals surface area contributed by atoms with Gasteiger partial charge >= 0.3 is 0 Å². The number of aliphatic hydroxyl groups is 1. The minimum Gasteiger partial charge on any atom is -0.508 e. The van der Waals surface area contributed by atoms with Crippen LogP contribution in [0.1, 0.15) is 18.0 Å². The number of nitrogens with two attached hydrogens (primary N) is 1. The molecule has 0 saturated carbocycles. The molecule has 0 aliphatic rings. The van der Waals surface area contributed by atoms with Gasteiger partial charge in [0.15, 0.2) is 0 Å². The van der Waals surface area contributed by atoms with Crippen LogP contribution < -0.4 is 5.73 Å². The van der Waals surface area contributed by atoms with Crippen molar-refractivity contribution >= 4 is 0 Å². The first-order valence-electron chi connectivity index (χ1n) is 4.03. The van der Waals surface area contributed by atoms with Crippen LogP contribution >= 0.6 is 0 Å². The highest BCUT2D eigenvalue weighted by molar-refractivity contribution is 5.40. The fourth-order valence-corrected chi connectivity index (χ4v) is 1.13. The Balaban J connectivity index is 2.91. The Bertz CT molecular complexity index is 288. The summed E-state index contributed by atoms with van der Waals surface area (Å²) < 4.78 is 0. The van der Waals surface area contributed by atoms with Crippen molar-refractivity contribution in [3.8, 4) is 11.5 Å². The van der Waals surface area contributed by atoms with Gasteiger partial charge in [-0.15, -0.1) is 0 Å². The number of phenols is 2. The molecular weight excluding hydrogens is 170 g/mol. The molecule has 0 unspecified atom stereocenters. The average Bonchev–Trinajstić information content (AvgIpc) is 2.09. The number of aromatic hydroxyl groups is 2. The van der Waals surface area contributed by atoms with Crippen molar-refractivity contribution in [2.45, 2.75) is 12.5 Å². The van der Waals surface area contributed by atoms with Gasteiger partial charge in [-0.2, -0.15) is 0 Å². The molecule has 1 aromatic rings. The zero-order valence-electron chi connectivity index (χ0n) is 7.14. The van der Waals surface area contributed by atoms with Gasteiger partial charge in [0.2, 0.25) is 0 Å². The van der Waals surface area contributed by atoms with Crippen LogP contribution in [0, 0.1) is 0 Å². The number of rotatable bonds is 3. The molecule has 1 atom stereocenters. The van der Waals surface area contributed by atoms with Crippen LogP contribution in [-0.2, 0) is 0 Å². The summed E-state index contributed by atoms with van der Waals surface area (Å²) in [5, 5.41) is 27.1. The van der Waals surface area contributed by atoms with Crippen LogP contribution in [0.25, 0.3) is 0 Å². The van der Waals surface area contributed by atoms with E-state index in [0.29, 0.717) is 12.0 Å². The second kappa shape index (κ2) is 4.11. The first-order chi connectivity index (χ1) is 6.15. The maximum absolute atomic E-state index is 9.36. The summed E-state index contributed by atoms with van der Waals surface area (Å²) in [7, 11) is 0. The van der Waals surface area contributed by atoms with Crippen molar-refractivity contribution in [2.24, 2.45) is 5.73 Å². The summed E-state index contributed by atoms with van der Waals surface area (Å²) in [5.74, 6) is 0.0972. The second-order valence-electron chi connectivity index (χ2n) is 2.86.